The van der Waals surface area contributed by atoms with Crippen LogP contribution >= 0.6 is 0 Å². The summed E-state index contributed by atoms with van der Waals surface area (Å²) in [5.41, 5.74) is 6.01. The molecule has 60 valence electrons. The van der Waals surface area contributed by atoms with E-state index in [2.05, 4.69) is 0 Å². The van der Waals surface area contributed by atoms with Gasteiger partial charge in [-0.05, 0) is 37.6 Å². The van der Waals surface area contributed by atoms with Crippen LogP contribution in [0.4, 0.5) is 4.39 Å². The largest absolute Gasteiger partial charge is 0.330 e. The van der Waals surface area contributed by atoms with Crippen molar-refractivity contribution in [3.8, 4) is 0 Å². The molecule has 2 heteroatoms. The molecular weight excluding hydrogens is 129 g/mol. The Hall–Kier alpha value is -0.110. The Morgan fingerprint density at radius 1 is 1.30 bits per heavy atom. The van der Waals surface area contributed by atoms with Crippen molar-refractivity contribution < 1.29 is 4.39 Å². The molecule has 0 radical (unpaired) electrons. The van der Waals surface area contributed by atoms with Crippen molar-refractivity contribution in [1.29, 1.82) is 0 Å². The van der Waals surface area contributed by atoms with Crippen molar-refractivity contribution in [2.24, 2.45) is 11.1 Å². The van der Waals surface area contributed by atoms with Crippen LogP contribution in [0.2, 0.25) is 0 Å². The van der Waals surface area contributed by atoms with Gasteiger partial charge in [0, 0.05) is 0 Å². The molecule has 0 aromatic carbocycles. The van der Waals surface area contributed by atoms with E-state index in [-0.39, 0.29) is 6.67 Å². The van der Waals surface area contributed by atoms with E-state index in [1.807, 2.05) is 0 Å². The summed E-state index contributed by atoms with van der Waals surface area (Å²) >= 11 is 0. The third-order valence-electron chi connectivity index (χ3n) is 2.48. The Morgan fingerprint density at radius 3 is 2.40 bits per heavy atom. The number of nitrogens with two attached hydrogens (primary N) is 1. The molecule has 0 unspecified atom stereocenters. The first kappa shape index (κ1) is 7.99. The molecule has 0 amide bonds. The fourth-order valence-corrected chi connectivity index (χ4v) is 1.33. The second-order valence-corrected chi connectivity index (χ2v) is 3.35. The van der Waals surface area contributed by atoms with Gasteiger partial charge in [-0.3, -0.25) is 4.39 Å². The fraction of sp³-hybridized carbons (Fsp3) is 1.00. The van der Waals surface area contributed by atoms with Gasteiger partial charge in [0.1, 0.15) is 0 Å². The molecule has 10 heavy (non-hydrogen) atoms. The van der Waals surface area contributed by atoms with E-state index in [9.17, 15) is 4.39 Å². The molecule has 1 aliphatic rings. The molecule has 0 spiro atoms. The smallest absolute Gasteiger partial charge is 0.0894 e. The van der Waals surface area contributed by atoms with Crippen LogP contribution in [-0.4, -0.2) is 13.2 Å². The maximum absolute atomic E-state index is 11.7. The highest BCUT2D eigenvalue weighted by molar-refractivity contribution is 4.93. The summed E-state index contributed by atoms with van der Waals surface area (Å²) in [4.78, 5) is 0. The zero-order valence-corrected chi connectivity index (χ0v) is 6.41. The van der Waals surface area contributed by atoms with Crippen molar-refractivity contribution in [2.45, 2.75) is 32.1 Å². The average Bonchev–Trinajstić information content (AvgIpc) is 2.70. The Bertz CT molecular complexity index is 99.4. The average molecular weight is 145 g/mol. The molecule has 0 aromatic heterocycles. The van der Waals surface area contributed by atoms with E-state index >= 15 is 0 Å². The van der Waals surface area contributed by atoms with Gasteiger partial charge in [-0.2, -0.15) is 0 Å². The molecule has 0 atom stereocenters. The van der Waals surface area contributed by atoms with Gasteiger partial charge in [0.2, 0.25) is 0 Å². The van der Waals surface area contributed by atoms with Crippen LogP contribution in [0.5, 0.6) is 0 Å². The van der Waals surface area contributed by atoms with Crippen LogP contribution in [0.15, 0.2) is 0 Å². The van der Waals surface area contributed by atoms with Crippen molar-refractivity contribution in [3.05, 3.63) is 0 Å². The second kappa shape index (κ2) is 3.33. The summed E-state index contributed by atoms with van der Waals surface area (Å²) in [5, 5.41) is 0. The molecule has 0 saturated heterocycles. The molecular formula is C8H16FN. The highest BCUT2D eigenvalue weighted by Crippen LogP contribution is 2.48. The van der Waals surface area contributed by atoms with E-state index < -0.39 is 0 Å². The van der Waals surface area contributed by atoms with Gasteiger partial charge in [-0.15, -0.1) is 0 Å². The van der Waals surface area contributed by atoms with E-state index in [4.69, 9.17) is 5.73 Å². The summed E-state index contributed by atoms with van der Waals surface area (Å²) in [7, 11) is 0. The van der Waals surface area contributed by atoms with Crippen molar-refractivity contribution >= 4 is 0 Å². The highest BCUT2D eigenvalue weighted by Gasteiger charge is 2.39. The molecule has 2 N–H and O–H groups in total. The minimum atomic E-state index is -0.166. The topological polar surface area (TPSA) is 26.0 Å². The van der Waals surface area contributed by atoms with Crippen LogP contribution in [0, 0.1) is 5.41 Å². The van der Waals surface area contributed by atoms with Gasteiger partial charge in [-0.1, -0.05) is 6.42 Å². The van der Waals surface area contributed by atoms with Gasteiger partial charge in [-0.25, -0.2) is 0 Å². The van der Waals surface area contributed by atoms with Crippen LogP contribution in [0.25, 0.3) is 0 Å². The van der Waals surface area contributed by atoms with Gasteiger partial charge < -0.3 is 5.73 Å². The summed E-state index contributed by atoms with van der Waals surface area (Å²) < 4.78 is 11.7. The minimum Gasteiger partial charge on any atom is -0.330 e. The first-order valence-electron chi connectivity index (χ1n) is 4.09. The highest BCUT2D eigenvalue weighted by atomic mass is 19.1. The predicted molar refractivity (Wildman–Crippen MR) is 40.5 cm³/mol. The summed E-state index contributed by atoms with van der Waals surface area (Å²) in [6, 6.07) is 0. The molecule has 0 aliphatic heterocycles. The van der Waals surface area contributed by atoms with Gasteiger partial charge in [0.05, 0.1) is 6.67 Å². The molecule has 1 nitrogen and oxygen atoms in total. The first-order chi connectivity index (χ1) is 4.83. The number of unbranched alkanes of at least 4 members (excludes halogenated alkanes) is 1. The number of hydrogen-bond acceptors (Lipinski definition) is 1. The molecule has 1 fully saturated rings. The molecule has 0 bridgehead atoms. The lowest BCUT2D eigenvalue weighted by Crippen LogP contribution is -2.14. The van der Waals surface area contributed by atoms with Crippen LogP contribution in [0.3, 0.4) is 0 Å². The zero-order valence-electron chi connectivity index (χ0n) is 6.41. The summed E-state index contributed by atoms with van der Waals surface area (Å²) in [5.74, 6) is 0. The lowest BCUT2D eigenvalue weighted by atomic mass is 10.00. The predicted octanol–water partition coefficient (Wildman–Crippen LogP) is 1.87. The van der Waals surface area contributed by atoms with Gasteiger partial charge in [0.25, 0.3) is 0 Å². The van der Waals surface area contributed by atoms with Crippen molar-refractivity contribution in [1.82, 2.24) is 0 Å². The number of alkyl halides is 1. The standard InChI is InChI=1S/C8H16FN/c9-6-2-1-3-8(7-10)4-5-8/h1-7,10H2. The van der Waals surface area contributed by atoms with E-state index in [0.29, 0.717) is 5.41 Å². The molecule has 1 rings (SSSR count). The molecule has 1 aliphatic carbocycles. The molecule has 0 aromatic rings. The van der Waals surface area contributed by atoms with Crippen molar-refractivity contribution in [2.75, 3.05) is 13.2 Å². The zero-order chi connectivity index (χ0) is 7.45. The Labute approximate surface area is 61.8 Å². The number of halogens is 1. The summed E-state index contributed by atoms with van der Waals surface area (Å²) in [6.07, 6.45) is 5.44. The van der Waals surface area contributed by atoms with Crippen LogP contribution in [-0.2, 0) is 0 Å². The maximum atomic E-state index is 11.7. The first-order valence-corrected chi connectivity index (χ1v) is 4.09. The van der Waals surface area contributed by atoms with Crippen LogP contribution < -0.4 is 5.73 Å². The SMILES string of the molecule is NCC1(CCCCF)CC1. The van der Waals surface area contributed by atoms with Gasteiger partial charge in [0.15, 0.2) is 0 Å². The monoisotopic (exact) mass is 145 g/mol. The summed E-state index contributed by atoms with van der Waals surface area (Å²) in [6.45, 7) is 0.639. The lowest BCUT2D eigenvalue weighted by molar-refractivity contribution is 0.406. The van der Waals surface area contributed by atoms with E-state index in [1.54, 1.807) is 0 Å². The number of rotatable bonds is 5. The minimum absolute atomic E-state index is 0.166. The molecule has 0 heterocycles. The Morgan fingerprint density at radius 2 is 2.00 bits per heavy atom. The second-order valence-electron chi connectivity index (χ2n) is 3.35. The lowest BCUT2D eigenvalue weighted by Gasteiger charge is -2.09. The third-order valence-corrected chi connectivity index (χ3v) is 2.48. The van der Waals surface area contributed by atoms with E-state index in [1.165, 1.54) is 12.8 Å². The fourth-order valence-electron chi connectivity index (χ4n) is 1.33. The quantitative estimate of drug-likeness (QED) is 0.587. The maximum Gasteiger partial charge on any atom is 0.0894 e. The van der Waals surface area contributed by atoms with E-state index in [0.717, 1.165) is 25.8 Å². The van der Waals surface area contributed by atoms with Crippen LogP contribution in [0.1, 0.15) is 32.1 Å². The Balaban J connectivity index is 2.01. The van der Waals surface area contributed by atoms with Gasteiger partial charge >= 0.3 is 0 Å². The number of hydrogen-bond donors (Lipinski definition) is 1. The van der Waals surface area contributed by atoms with Crippen molar-refractivity contribution in [3.63, 3.8) is 0 Å². The normalized spacial score (nSPS) is 21.0. The Kier molecular flexibility index (Phi) is 2.66. The third kappa shape index (κ3) is 1.94. The molecule has 1 saturated carbocycles.